The minimum absolute atomic E-state index is 0.179. The van der Waals surface area contributed by atoms with Gasteiger partial charge in [0, 0.05) is 5.56 Å². The monoisotopic (exact) mass is 295 g/mol. The Hall–Kier alpha value is -2.82. The van der Waals surface area contributed by atoms with Gasteiger partial charge in [0.2, 0.25) is 12.7 Å². The fourth-order valence-corrected chi connectivity index (χ4v) is 2.78. The van der Waals surface area contributed by atoms with Crippen LogP contribution in [0.3, 0.4) is 0 Å². The van der Waals surface area contributed by atoms with E-state index in [4.69, 9.17) is 9.47 Å². The number of hydrogen-bond acceptors (Lipinski definition) is 4. The van der Waals surface area contributed by atoms with Crippen LogP contribution < -0.4 is 9.47 Å². The second-order valence-corrected chi connectivity index (χ2v) is 5.31. The third kappa shape index (κ3) is 2.02. The molecule has 0 atom stereocenters. The maximum Gasteiger partial charge on any atom is 0.261 e. The maximum absolute atomic E-state index is 12.5. The van der Waals surface area contributed by atoms with Gasteiger partial charge in [-0.05, 0) is 29.3 Å². The first-order valence-corrected chi connectivity index (χ1v) is 7.03. The molecule has 2 aliphatic heterocycles. The summed E-state index contributed by atoms with van der Waals surface area (Å²) in [5.74, 6) is 0.908. The van der Waals surface area contributed by atoms with Crippen molar-refractivity contribution in [2.45, 2.75) is 13.0 Å². The molecule has 0 radical (unpaired) electrons. The molecule has 0 aliphatic carbocycles. The lowest BCUT2D eigenvalue weighted by Crippen LogP contribution is -2.41. The van der Waals surface area contributed by atoms with Gasteiger partial charge in [0.15, 0.2) is 11.5 Å². The van der Waals surface area contributed by atoms with E-state index in [1.807, 2.05) is 30.3 Å². The van der Waals surface area contributed by atoms with Crippen LogP contribution in [0.15, 0.2) is 42.5 Å². The fourth-order valence-electron chi connectivity index (χ4n) is 2.78. The highest BCUT2D eigenvalue weighted by molar-refractivity contribution is 6.09. The Bertz CT molecular complexity index is 784. The van der Waals surface area contributed by atoms with Crippen molar-refractivity contribution in [2.75, 3.05) is 6.79 Å². The van der Waals surface area contributed by atoms with Crippen molar-refractivity contribution in [2.24, 2.45) is 0 Å². The summed E-state index contributed by atoms with van der Waals surface area (Å²) >= 11 is 0. The van der Waals surface area contributed by atoms with Crippen LogP contribution in [0, 0.1) is 0 Å². The summed E-state index contributed by atoms with van der Waals surface area (Å²) in [6.07, 6.45) is 0.256. The number of hydrogen-bond donors (Lipinski definition) is 0. The standard InChI is InChI=1S/C17H13NO4/c19-16-8-12-3-1-2-4-13(12)17(20)18(16)9-11-5-6-14-15(7-11)22-10-21-14/h1-7H,8-10H2. The van der Waals surface area contributed by atoms with E-state index in [-0.39, 0.29) is 31.6 Å². The number of carbonyl (C=O) groups is 2. The molecule has 2 aromatic carbocycles. The van der Waals surface area contributed by atoms with Crippen LogP contribution >= 0.6 is 0 Å². The molecule has 5 heteroatoms. The second kappa shape index (κ2) is 4.87. The molecule has 0 saturated carbocycles. The molecular weight excluding hydrogens is 282 g/mol. The molecule has 5 nitrogen and oxygen atoms in total. The quantitative estimate of drug-likeness (QED) is 0.797. The molecule has 0 saturated heterocycles. The highest BCUT2D eigenvalue weighted by atomic mass is 16.7. The third-order valence-corrected chi connectivity index (χ3v) is 3.91. The SMILES string of the molecule is O=C1Cc2ccccc2C(=O)N1Cc1ccc2c(c1)OCO2. The number of amides is 2. The lowest BCUT2D eigenvalue weighted by atomic mass is 9.98. The Kier molecular flexibility index (Phi) is 2.85. The number of rotatable bonds is 2. The molecule has 110 valence electrons. The molecule has 22 heavy (non-hydrogen) atoms. The summed E-state index contributed by atoms with van der Waals surface area (Å²) < 4.78 is 10.6. The van der Waals surface area contributed by atoms with Crippen LogP contribution in [0.1, 0.15) is 21.5 Å². The van der Waals surface area contributed by atoms with Gasteiger partial charge in [0.1, 0.15) is 0 Å². The molecule has 2 heterocycles. The van der Waals surface area contributed by atoms with Gasteiger partial charge in [-0.25, -0.2) is 0 Å². The number of ether oxygens (including phenoxy) is 2. The Morgan fingerprint density at radius 3 is 2.73 bits per heavy atom. The summed E-state index contributed by atoms with van der Waals surface area (Å²) in [6, 6.07) is 12.7. The van der Waals surface area contributed by atoms with Crippen LogP contribution in [-0.4, -0.2) is 23.5 Å². The molecule has 0 aromatic heterocycles. The number of nitrogens with zero attached hydrogens (tertiary/aromatic N) is 1. The first kappa shape index (κ1) is 12.9. The van der Waals surface area contributed by atoms with Gasteiger partial charge in [-0.2, -0.15) is 0 Å². The Morgan fingerprint density at radius 2 is 1.82 bits per heavy atom. The number of fused-ring (bicyclic) bond motifs is 2. The van der Waals surface area contributed by atoms with Crippen molar-refractivity contribution in [3.63, 3.8) is 0 Å². The van der Waals surface area contributed by atoms with Crippen LogP contribution in [-0.2, 0) is 17.8 Å². The maximum atomic E-state index is 12.5. The smallest absolute Gasteiger partial charge is 0.261 e. The van der Waals surface area contributed by atoms with Gasteiger partial charge in [0.25, 0.3) is 5.91 Å². The fraction of sp³-hybridized carbons (Fsp3) is 0.176. The second-order valence-electron chi connectivity index (χ2n) is 5.31. The van der Waals surface area contributed by atoms with Crippen molar-refractivity contribution in [1.82, 2.24) is 4.90 Å². The summed E-state index contributed by atoms with van der Waals surface area (Å²) in [4.78, 5) is 26.1. The number of carbonyl (C=O) groups excluding carboxylic acids is 2. The summed E-state index contributed by atoms with van der Waals surface area (Å²) in [6.45, 7) is 0.441. The Labute approximate surface area is 127 Å². The first-order valence-electron chi connectivity index (χ1n) is 7.03. The Morgan fingerprint density at radius 1 is 1.00 bits per heavy atom. The van der Waals surface area contributed by atoms with Gasteiger partial charge < -0.3 is 9.47 Å². The van der Waals surface area contributed by atoms with Crippen molar-refractivity contribution >= 4 is 11.8 Å². The average molecular weight is 295 g/mol. The largest absolute Gasteiger partial charge is 0.454 e. The molecule has 4 rings (SSSR count). The van der Waals surface area contributed by atoms with Gasteiger partial charge in [-0.15, -0.1) is 0 Å². The summed E-state index contributed by atoms with van der Waals surface area (Å²) in [5, 5.41) is 0. The zero-order chi connectivity index (χ0) is 15.1. The van der Waals surface area contributed by atoms with E-state index in [2.05, 4.69) is 0 Å². The molecule has 0 fully saturated rings. The van der Waals surface area contributed by atoms with E-state index in [0.717, 1.165) is 11.1 Å². The molecule has 0 bridgehead atoms. The normalized spacial score (nSPS) is 15.9. The molecule has 2 amide bonds. The van der Waals surface area contributed by atoms with Crippen molar-refractivity contribution < 1.29 is 19.1 Å². The highest BCUT2D eigenvalue weighted by Crippen LogP contribution is 2.33. The summed E-state index contributed by atoms with van der Waals surface area (Å²) in [5.41, 5.74) is 2.23. The zero-order valence-electron chi connectivity index (χ0n) is 11.7. The van der Waals surface area contributed by atoms with Crippen LogP contribution in [0.2, 0.25) is 0 Å². The molecule has 0 N–H and O–H groups in total. The minimum atomic E-state index is -0.246. The van der Waals surface area contributed by atoms with Crippen LogP contribution in [0.4, 0.5) is 0 Å². The van der Waals surface area contributed by atoms with Crippen LogP contribution in [0.5, 0.6) is 11.5 Å². The van der Waals surface area contributed by atoms with Gasteiger partial charge >= 0.3 is 0 Å². The molecule has 2 aliphatic rings. The molecule has 0 spiro atoms. The predicted molar refractivity (Wildman–Crippen MR) is 77.6 cm³/mol. The molecule has 2 aromatic rings. The van der Waals surface area contributed by atoms with Crippen molar-refractivity contribution in [3.8, 4) is 11.5 Å². The molecule has 0 unspecified atom stereocenters. The summed E-state index contributed by atoms with van der Waals surface area (Å²) in [7, 11) is 0. The molecular formula is C17H13NO4. The lowest BCUT2D eigenvalue weighted by Gasteiger charge is -2.26. The van der Waals surface area contributed by atoms with E-state index in [1.165, 1.54) is 4.90 Å². The van der Waals surface area contributed by atoms with Crippen LogP contribution in [0.25, 0.3) is 0 Å². The van der Waals surface area contributed by atoms with E-state index in [9.17, 15) is 9.59 Å². The Balaban J connectivity index is 1.63. The number of benzene rings is 2. The van der Waals surface area contributed by atoms with Gasteiger partial charge in [-0.1, -0.05) is 24.3 Å². The van der Waals surface area contributed by atoms with Crippen molar-refractivity contribution in [3.05, 3.63) is 59.2 Å². The minimum Gasteiger partial charge on any atom is -0.454 e. The number of imide groups is 1. The first-order chi connectivity index (χ1) is 10.7. The average Bonchev–Trinajstić information content (AvgIpc) is 2.99. The third-order valence-electron chi connectivity index (χ3n) is 3.91. The van der Waals surface area contributed by atoms with E-state index >= 15 is 0 Å². The van der Waals surface area contributed by atoms with Gasteiger partial charge in [0.05, 0.1) is 13.0 Å². The topological polar surface area (TPSA) is 55.8 Å². The predicted octanol–water partition coefficient (Wildman–Crippen LogP) is 2.14. The zero-order valence-corrected chi connectivity index (χ0v) is 11.7. The lowest BCUT2D eigenvalue weighted by molar-refractivity contribution is -0.128. The van der Waals surface area contributed by atoms with E-state index in [0.29, 0.717) is 17.1 Å². The van der Waals surface area contributed by atoms with Crippen molar-refractivity contribution in [1.29, 1.82) is 0 Å². The highest BCUT2D eigenvalue weighted by Gasteiger charge is 2.30. The van der Waals surface area contributed by atoms with Gasteiger partial charge in [-0.3, -0.25) is 14.5 Å². The van der Waals surface area contributed by atoms with E-state index < -0.39 is 0 Å². The van der Waals surface area contributed by atoms with E-state index in [1.54, 1.807) is 12.1 Å².